The highest BCUT2D eigenvalue weighted by Gasteiger charge is 2.44. The van der Waals surface area contributed by atoms with Gasteiger partial charge in [0, 0.05) is 56.6 Å². The maximum atomic E-state index is 13.4. The molecule has 4 heterocycles. The lowest BCUT2D eigenvalue weighted by molar-refractivity contribution is -0.125. The van der Waals surface area contributed by atoms with Gasteiger partial charge in [0.25, 0.3) is 11.8 Å². The number of ether oxygens (including phenoxy) is 1. The number of phenols is 1. The first kappa shape index (κ1) is 38.1. The summed E-state index contributed by atoms with van der Waals surface area (Å²) in [5.74, 6) is 1.39. The number of nitrogens with one attached hydrogen (secondary N) is 1. The van der Waals surface area contributed by atoms with E-state index in [9.17, 15) is 19.5 Å². The lowest BCUT2D eigenvalue weighted by Crippen LogP contribution is -2.51. The summed E-state index contributed by atoms with van der Waals surface area (Å²) in [5.41, 5.74) is 7.51. The van der Waals surface area contributed by atoms with E-state index in [1.54, 1.807) is 6.07 Å². The number of amides is 3. The Labute approximate surface area is 341 Å². The number of likely N-dealkylation sites (tertiary alicyclic amines) is 1. The first-order chi connectivity index (χ1) is 28.3. The highest BCUT2D eigenvalue weighted by molar-refractivity contribution is 6.23. The van der Waals surface area contributed by atoms with Gasteiger partial charge in [-0.25, -0.2) is 0 Å². The van der Waals surface area contributed by atoms with E-state index in [1.807, 2.05) is 24.3 Å². The number of allylic oxidation sites excluding steroid dienone is 1. The maximum Gasteiger partial charge on any atom is 0.262 e. The van der Waals surface area contributed by atoms with Crippen molar-refractivity contribution in [2.24, 2.45) is 5.92 Å². The molecule has 3 saturated heterocycles. The first-order valence-corrected chi connectivity index (χ1v) is 21.1. The van der Waals surface area contributed by atoms with Gasteiger partial charge in [0.1, 0.15) is 24.1 Å². The Bertz CT molecular complexity index is 2170. The minimum Gasteiger partial charge on any atom is -0.508 e. The maximum absolute atomic E-state index is 13.4. The molecule has 58 heavy (non-hydrogen) atoms. The first-order valence-electron chi connectivity index (χ1n) is 21.1. The number of carbonyl (C=O) groups is 3. The molecule has 0 saturated carbocycles. The molecule has 0 spiro atoms. The van der Waals surface area contributed by atoms with E-state index in [0.29, 0.717) is 53.9 Å². The van der Waals surface area contributed by atoms with E-state index in [2.05, 4.69) is 87.3 Å². The van der Waals surface area contributed by atoms with Gasteiger partial charge in [-0.1, -0.05) is 55.1 Å². The summed E-state index contributed by atoms with van der Waals surface area (Å²) in [7, 11) is 0. The van der Waals surface area contributed by atoms with Crippen LogP contribution < -0.4 is 15.0 Å². The summed E-state index contributed by atoms with van der Waals surface area (Å²) in [6.07, 6.45) is 5.32. The smallest absolute Gasteiger partial charge is 0.262 e. The van der Waals surface area contributed by atoms with Gasteiger partial charge in [0.2, 0.25) is 5.91 Å². The lowest BCUT2D eigenvalue weighted by Gasteiger charge is -2.39. The number of rotatable bonds is 10. The molecular weight excluding hydrogens is 727 g/mol. The summed E-state index contributed by atoms with van der Waals surface area (Å²) in [6.45, 7) is 12.3. The zero-order chi connectivity index (χ0) is 39.8. The fourth-order valence-electron chi connectivity index (χ4n) is 10.0. The van der Waals surface area contributed by atoms with Crippen molar-refractivity contribution < 1.29 is 24.2 Å². The summed E-state index contributed by atoms with van der Waals surface area (Å²) in [4.78, 5) is 47.7. The minimum absolute atomic E-state index is 0.225. The second-order valence-electron chi connectivity index (χ2n) is 16.8. The van der Waals surface area contributed by atoms with Crippen LogP contribution in [0.2, 0.25) is 0 Å². The standard InChI is InChI=1S/C48H53N5O5/c1-32-7-18-44(46(55)49-32)53-47(56)42-16-11-37(30-43(42)48(53)57)52-25-23-51(24-26-52)31-33-19-21-50(22-20-33)27-28-58-39-13-8-35(9-14-39)45-40(34-5-3-2-4-6-34)15-10-36-29-38(54)12-17-41(36)45/h2-6,8-9,11-14,16-17,29-30,33,40,44-45,54H,1,7,10,15,18-28,31H2,(H,49,55)/t40-,44?,45+/m0/s1. The largest absolute Gasteiger partial charge is 0.508 e. The van der Waals surface area contributed by atoms with Crippen molar-refractivity contribution in [3.63, 3.8) is 0 Å². The molecule has 3 amide bonds. The monoisotopic (exact) mass is 779 g/mol. The average Bonchev–Trinajstić information content (AvgIpc) is 3.49. The Morgan fingerprint density at radius 3 is 2.24 bits per heavy atom. The Hall–Kier alpha value is -5.45. The molecule has 5 aliphatic rings. The molecule has 10 heteroatoms. The second-order valence-corrected chi connectivity index (χ2v) is 16.8. The van der Waals surface area contributed by atoms with Crippen LogP contribution in [0.25, 0.3) is 0 Å². The molecule has 0 bridgehead atoms. The van der Waals surface area contributed by atoms with E-state index >= 15 is 0 Å². The Morgan fingerprint density at radius 1 is 0.724 bits per heavy atom. The molecule has 9 rings (SSSR count). The molecule has 0 radical (unpaired) electrons. The molecule has 2 N–H and O–H groups in total. The molecule has 3 atom stereocenters. The number of piperazine rings is 1. The third-order valence-corrected chi connectivity index (χ3v) is 13.2. The van der Waals surface area contributed by atoms with Crippen molar-refractivity contribution in [3.05, 3.63) is 137 Å². The number of fused-ring (bicyclic) bond motifs is 2. The van der Waals surface area contributed by atoms with E-state index in [1.165, 1.54) is 35.1 Å². The van der Waals surface area contributed by atoms with Gasteiger partial charge in [0.05, 0.1) is 11.1 Å². The number of nitrogens with zero attached hydrogens (tertiary/aromatic N) is 4. The number of benzene rings is 4. The fourth-order valence-corrected chi connectivity index (χ4v) is 10.0. The number of piperidine rings is 2. The Morgan fingerprint density at radius 2 is 1.48 bits per heavy atom. The van der Waals surface area contributed by atoms with Gasteiger partial charge in [-0.05, 0) is 128 Å². The van der Waals surface area contributed by atoms with Crippen molar-refractivity contribution >= 4 is 23.4 Å². The molecule has 4 aliphatic heterocycles. The molecule has 300 valence electrons. The van der Waals surface area contributed by atoms with Crippen molar-refractivity contribution in [1.29, 1.82) is 0 Å². The third kappa shape index (κ3) is 7.75. The summed E-state index contributed by atoms with van der Waals surface area (Å²) >= 11 is 0. The van der Waals surface area contributed by atoms with Crippen molar-refractivity contribution in [2.75, 3.05) is 63.9 Å². The molecule has 10 nitrogen and oxygen atoms in total. The van der Waals surface area contributed by atoms with E-state index in [4.69, 9.17) is 4.74 Å². The number of carbonyl (C=O) groups excluding carboxylic acids is 3. The molecule has 0 aromatic heterocycles. The number of hydrogen-bond acceptors (Lipinski definition) is 8. The number of anilines is 1. The number of phenolic OH excluding ortho intramolecular Hbond substituents is 1. The van der Waals surface area contributed by atoms with Gasteiger partial charge in [-0.3, -0.25) is 29.1 Å². The van der Waals surface area contributed by atoms with Crippen LogP contribution in [0.5, 0.6) is 11.5 Å². The van der Waals surface area contributed by atoms with Gasteiger partial charge in [0.15, 0.2) is 0 Å². The van der Waals surface area contributed by atoms with Crippen LogP contribution in [0.3, 0.4) is 0 Å². The van der Waals surface area contributed by atoms with Crippen LogP contribution in [-0.2, 0) is 11.2 Å². The van der Waals surface area contributed by atoms with E-state index in [0.717, 1.165) is 81.5 Å². The van der Waals surface area contributed by atoms with Crippen LogP contribution in [0.4, 0.5) is 5.69 Å². The van der Waals surface area contributed by atoms with Gasteiger partial charge >= 0.3 is 0 Å². The van der Waals surface area contributed by atoms with E-state index < -0.39 is 11.9 Å². The van der Waals surface area contributed by atoms with Crippen molar-refractivity contribution in [1.82, 2.24) is 20.0 Å². The molecule has 1 unspecified atom stereocenters. The zero-order valence-electron chi connectivity index (χ0n) is 33.2. The van der Waals surface area contributed by atoms with Crippen LogP contribution in [-0.4, -0.2) is 103 Å². The molecular formula is C48H53N5O5. The zero-order valence-corrected chi connectivity index (χ0v) is 33.2. The highest BCUT2D eigenvalue weighted by atomic mass is 16.5. The van der Waals surface area contributed by atoms with Crippen molar-refractivity contribution in [2.45, 2.75) is 56.4 Å². The molecule has 4 aromatic carbocycles. The highest BCUT2D eigenvalue weighted by Crippen LogP contribution is 2.47. The third-order valence-electron chi connectivity index (χ3n) is 13.2. The SMILES string of the molecule is C=C1CCC(N2C(=O)c3ccc(N4CCN(CC5CCN(CCOc6ccc([C@H]7c8ccc(O)cc8CC[C@H]7c7ccccc7)cc6)CC5)CC4)cc3C2=O)C(=O)N1. The van der Waals surface area contributed by atoms with Crippen LogP contribution in [0.1, 0.15) is 86.9 Å². The van der Waals surface area contributed by atoms with Crippen LogP contribution in [0, 0.1) is 5.92 Å². The average molecular weight is 780 g/mol. The number of aromatic hydroxyl groups is 1. The number of aryl methyl sites for hydroxylation is 1. The number of imide groups is 1. The Balaban J connectivity index is 0.722. The predicted molar refractivity (Wildman–Crippen MR) is 224 cm³/mol. The lowest BCUT2D eigenvalue weighted by atomic mass is 9.69. The van der Waals surface area contributed by atoms with E-state index in [-0.39, 0.29) is 17.7 Å². The van der Waals surface area contributed by atoms with Crippen LogP contribution >= 0.6 is 0 Å². The van der Waals surface area contributed by atoms with Crippen LogP contribution in [0.15, 0.2) is 103 Å². The minimum atomic E-state index is -0.799. The Kier molecular flexibility index (Phi) is 10.8. The molecule has 4 aromatic rings. The van der Waals surface area contributed by atoms with Gasteiger partial charge in [-0.15, -0.1) is 0 Å². The topological polar surface area (TPSA) is 106 Å². The molecule has 1 aliphatic carbocycles. The predicted octanol–water partition coefficient (Wildman–Crippen LogP) is 6.56. The summed E-state index contributed by atoms with van der Waals surface area (Å²) in [5, 5.41) is 12.9. The normalized spacial score (nSPS) is 23.1. The second kappa shape index (κ2) is 16.4. The quantitative estimate of drug-likeness (QED) is 0.175. The summed E-state index contributed by atoms with van der Waals surface area (Å²) in [6, 6.07) is 30.1. The van der Waals surface area contributed by atoms with Crippen molar-refractivity contribution in [3.8, 4) is 11.5 Å². The summed E-state index contributed by atoms with van der Waals surface area (Å²) < 4.78 is 6.27. The number of hydrogen-bond donors (Lipinski definition) is 2. The fraction of sp³-hybridized carbons (Fsp3) is 0.396. The van der Waals surface area contributed by atoms with Gasteiger partial charge < -0.3 is 20.1 Å². The van der Waals surface area contributed by atoms with Gasteiger partial charge in [-0.2, -0.15) is 0 Å². The molecule has 3 fully saturated rings.